The molecule has 24 heavy (non-hydrogen) atoms. The number of amides is 2. The van der Waals surface area contributed by atoms with Crippen molar-refractivity contribution in [3.63, 3.8) is 0 Å². The second-order valence-corrected chi connectivity index (χ2v) is 6.39. The normalized spacial score (nSPS) is 19.0. The first-order valence-electron chi connectivity index (χ1n) is 7.49. The van der Waals surface area contributed by atoms with Crippen molar-refractivity contribution in [1.82, 2.24) is 10.6 Å². The summed E-state index contributed by atoms with van der Waals surface area (Å²) in [6, 6.07) is 7.84. The number of aryl methyl sites for hydroxylation is 1. The van der Waals surface area contributed by atoms with Gasteiger partial charge < -0.3 is 15.4 Å². The number of nitrogens with one attached hydrogen (secondary N) is 2. The molecule has 1 aliphatic rings. The van der Waals surface area contributed by atoms with E-state index in [2.05, 4.69) is 20.8 Å². The minimum Gasteiger partial charge on any atom is -0.383 e. The number of ether oxygens (including phenoxy) is 1. The maximum atomic E-state index is 11.9. The zero-order valence-electron chi connectivity index (χ0n) is 13.6. The van der Waals surface area contributed by atoms with Crippen molar-refractivity contribution >= 4 is 35.0 Å². The van der Waals surface area contributed by atoms with E-state index < -0.39 is 5.25 Å². The van der Waals surface area contributed by atoms with Crippen molar-refractivity contribution in [2.24, 2.45) is 10.2 Å². The van der Waals surface area contributed by atoms with Gasteiger partial charge in [-0.25, -0.2) is 0 Å². The number of hydrogen-bond donors (Lipinski definition) is 2. The van der Waals surface area contributed by atoms with Gasteiger partial charge in [-0.05, 0) is 12.5 Å². The van der Waals surface area contributed by atoms with Gasteiger partial charge in [0.15, 0.2) is 5.17 Å². The van der Waals surface area contributed by atoms with Gasteiger partial charge in [-0.15, -0.1) is 5.10 Å². The molecule has 1 saturated heterocycles. The standard InChI is InChI=1S/C16H20N4O3S/c1-11-3-5-12(6-4-11)10-18-20-16-19-15(22)13(24-16)9-14(21)17-7-8-23-2/h3-6,10,13H,7-9H2,1-2H3,(H,17,21)(H,19,20,22). The SMILES string of the molecule is COCCNC(=O)CC1SC(=NN=Cc2ccc(C)cc2)NC1=O. The average molecular weight is 348 g/mol. The van der Waals surface area contributed by atoms with Gasteiger partial charge in [0.25, 0.3) is 0 Å². The third-order valence-corrected chi connectivity index (χ3v) is 4.28. The van der Waals surface area contributed by atoms with Crippen molar-refractivity contribution in [3.05, 3.63) is 35.4 Å². The molecule has 0 spiro atoms. The van der Waals surface area contributed by atoms with Gasteiger partial charge in [-0.2, -0.15) is 5.10 Å². The van der Waals surface area contributed by atoms with E-state index in [1.54, 1.807) is 13.3 Å². The first kappa shape index (κ1) is 18.2. The molecule has 2 N–H and O–H groups in total. The average Bonchev–Trinajstić information content (AvgIpc) is 2.89. The predicted molar refractivity (Wildman–Crippen MR) is 95.2 cm³/mol. The monoisotopic (exact) mass is 348 g/mol. The van der Waals surface area contributed by atoms with Crippen molar-refractivity contribution in [3.8, 4) is 0 Å². The van der Waals surface area contributed by atoms with Gasteiger partial charge >= 0.3 is 0 Å². The van der Waals surface area contributed by atoms with E-state index in [4.69, 9.17) is 4.74 Å². The summed E-state index contributed by atoms with van der Waals surface area (Å²) >= 11 is 1.21. The number of thioether (sulfide) groups is 1. The van der Waals surface area contributed by atoms with E-state index in [0.717, 1.165) is 5.56 Å². The molecule has 0 aliphatic carbocycles. The Morgan fingerprint density at radius 2 is 2.17 bits per heavy atom. The van der Waals surface area contributed by atoms with Gasteiger partial charge in [0.2, 0.25) is 11.8 Å². The summed E-state index contributed by atoms with van der Waals surface area (Å²) in [7, 11) is 1.56. The lowest BCUT2D eigenvalue weighted by Crippen LogP contribution is -2.32. The Bertz CT molecular complexity index is 643. The maximum Gasteiger partial charge on any atom is 0.240 e. The molecule has 0 saturated carbocycles. The van der Waals surface area contributed by atoms with Crippen LogP contribution in [0.5, 0.6) is 0 Å². The fourth-order valence-electron chi connectivity index (χ4n) is 1.92. The topological polar surface area (TPSA) is 92.2 Å². The van der Waals surface area contributed by atoms with Crippen LogP contribution in [0.15, 0.2) is 34.5 Å². The summed E-state index contributed by atoms with van der Waals surface area (Å²) < 4.78 is 4.85. The molecule has 8 heteroatoms. The second-order valence-electron chi connectivity index (χ2n) is 5.20. The number of hydrogen-bond acceptors (Lipinski definition) is 6. The molecule has 1 unspecified atom stereocenters. The molecule has 1 aromatic rings. The lowest BCUT2D eigenvalue weighted by atomic mass is 10.2. The fraction of sp³-hybridized carbons (Fsp3) is 0.375. The van der Waals surface area contributed by atoms with Crippen LogP contribution in [0.2, 0.25) is 0 Å². The zero-order valence-corrected chi connectivity index (χ0v) is 14.4. The Kier molecular flexibility index (Phi) is 6.95. The maximum absolute atomic E-state index is 11.9. The highest BCUT2D eigenvalue weighted by atomic mass is 32.2. The molecule has 1 aromatic carbocycles. The molecule has 7 nitrogen and oxygen atoms in total. The lowest BCUT2D eigenvalue weighted by molar-refractivity contribution is -0.125. The first-order chi connectivity index (χ1) is 11.6. The molecule has 1 atom stereocenters. The number of benzene rings is 1. The summed E-state index contributed by atoms with van der Waals surface area (Å²) in [5.41, 5.74) is 2.09. The second kappa shape index (κ2) is 9.19. The Morgan fingerprint density at radius 1 is 1.42 bits per heavy atom. The molecule has 2 amide bonds. The Hall–Kier alpha value is -2.19. The van der Waals surface area contributed by atoms with Crippen molar-refractivity contribution < 1.29 is 14.3 Å². The van der Waals surface area contributed by atoms with Crippen LogP contribution in [0.1, 0.15) is 17.5 Å². The largest absolute Gasteiger partial charge is 0.383 e. The first-order valence-corrected chi connectivity index (χ1v) is 8.37. The molecule has 128 valence electrons. The Balaban J connectivity index is 1.84. The Labute approximate surface area is 144 Å². The highest BCUT2D eigenvalue weighted by Gasteiger charge is 2.32. The lowest BCUT2D eigenvalue weighted by Gasteiger charge is -2.06. The number of methoxy groups -OCH3 is 1. The molecule has 2 rings (SSSR count). The summed E-state index contributed by atoms with van der Waals surface area (Å²) in [5.74, 6) is -0.421. The van der Waals surface area contributed by atoms with E-state index in [1.807, 2.05) is 31.2 Å². The van der Waals surface area contributed by atoms with Gasteiger partial charge in [0, 0.05) is 20.1 Å². The van der Waals surface area contributed by atoms with E-state index in [0.29, 0.717) is 18.3 Å². The van der Waals surface area contributed by atoms with Gasteiger partial charge in [-0.3, -0.25) is 9.59 Å². The third-order valence-electron chi connectivity index (χ3n) is 3.21. The molecular weight excluding hydrogens is 328 g/mol. The van der Waals surface area contributed by atoms with Crippen molar-refractivity contribution in [2.45, 2.75) is 18.6 Å². The smallest absolute Gasteiger partial charge is 0.240 e. The van der Waals surface area contributed by atoms with E-state index in [-0.39, 0.29) is 18.2 Å². The molecular formula is C16H20N4O3S. The zero-order chi connectivity index (χ0) is 17.4. The summed E-state index contributed by atoms with van der Waals surface area (Å²) in [6.07, 6.45) is 1.71. The summed E-state index contributed by atoms with van der Waals surface area (Å²) in [4.78, 5) is 23.6. The number of carbonyl (C=O) groups is 2. The third kappa shape index (κ3) is 5.78. The molecule has 1 fully saturated rings. The number of amidine groups is 1. The van der Waals surface area contributed by atoms with Crippen molar-refractivity contribution in [1.29, 1.82) is 0 Å². The van der Waals surface area contributed by atoms with E-state index in [1.165, 1.54) is 17.3 Å². The summed E-state index contributed by atoms with van der Waals surface area (Å²) in [6.45, 7) is 2.88. The highest BCUT2D eigenvalue weighted by Crippen LogP contribution is 2.22. The predicted octanol–water partition coefficient (Wildman–Crippen LogP) is 1.07. The van der Waals surface area contributed by atoms with Crippen LogP contribution >= 0.6 is 11.8 Å². The molecule has 1 aliphatic heterocycles. The van der Waals surface area contributed by atoms with Crippen LogP contribution in [0.4, 0.5) is 0 Å². The van der Waals surface area contributed by atoms with Crippen LogP contribution in [0.25, 0.3) is 0 Å². The molecule has 0 aromatic heterocycles. The van der Waals surface area contributed by atoms with E-state index >= 15 is 0 Å². The fourth-order valence-corrected chi connectivity index (χ4v) is 2.84. The Morgan fingerprint density at radius 3 is 2.88 bits per heavy atom. The minimum absolute atomic E-state index is 0.0981. The molecule has 0 radical (unpaired) electrons. The van der Waals surface area contributed by atoms with Gasteiger partial charge in [0.05, 0.1) is 12.8 Å². The highest BCUT2D eigenvalue weighted by molar-refractivity contribution is 8.15. The van der Waals surface area contributed by atoms with Crippen LogP contribution in [0.3, 0.4) is 0 Å². The van der Waals surface area contributed by atoms with Gasteiger partial charge in [-0.1, -0.05) is 41.6 Å². The van der Waals surface area contributed by atoms with Crippen LogP contribution < -0.4 is 10.6 Å². The number of carbonyl (C=O) groups excluding carboxylic acids is 2. The van der Waals surface area contributed by atoms with Gasteiger partial charge in [0.1, 0.15) is 5.25 Å². The molecule has 0 bridgehead atoms. The molecule has 1 heterocycles. The van der Waals surface area contributed by atoms with Crippen molar-refractivity contribution in [2.75, 3.05) is 20.3 Å². The quantitative estimate of drug-likeness (QED) is 0.438. The number of rotatable bonds is 7. The van der Waals surface area contributed by atoms with Crippen LogP contribution in [0, 0.1) is 6.92 Å². The number of nitrogens with zero attached hydrogens (tertiary/aromatic N) is 2. The van der Waals surface area contributed by atoms with Crippen LogP contribution in [-0.4, -0.2) is 48.7 Å². The summed E-state index contributed by atoms with van der Waals surface area (Å²) in [5, 5.41) is 13.2. The minimum atomic E-state index is -0.485. The van der Waals surface area contributed by atoms with Crippen LogP contribution in [-0.2, 0) is 14.3 Å². The van der Waals surface area contributed by atoms with E-state index in [9.17, 15) is 9.59 Å².